The number of nitrogens with one attached hydrogen (secondary N) is 1. The third-order valence-electron chi connectivity index (χ3n) is 2.02. The average molecular weight is 227 g/mol. The SMILES string of the molecule is CNC(=O)CN(C)C(CCN)C(F)(F)F. The van der Waals surface area contributed by atoms with Crippen molar-refractivity contribution in [3.8, 4) is 0 Å². The molecule has 1 atom stereocenters. The molecule has 0 bridgehead atoms. The van der Waals surface area contributed by atoms with Gasteiger partial charge in [-0.2, -0.15) is 13.2 Å². The molecule has 0 aromatic heterocycles. The van der Waals surface area contributed by atoms with Crippen molar-refractivity contribution in [1.82, 2.24) is 10.2 Å². The van der Waals surface area contributed by atoms with Crippen molar-refractivity contribution < 1.29 is 18.0 Å². The van der Waals surface area contributed by atoms with E-state index in [-0.39, 0.29) is 19.5 Å². The summed E-state index contributed by atoms with van der Waals surface area (Å²) in [7, 11) is 2.63. The third-order valence-corrected chi connectivity index (χ3v) is 2.02. The van der Waals surface area contributed by atoms with Gasteiger partial charge in [0.1, 0.15) is 6.04 Å². The minimum Gasteiger partial charge on any atom is -0.358 e. The van der Waals surface area contributed by atoms with E-state index in [1.54, 1.807) is 0 Å². The average Bonchev–Trinajstić information content (AvgIpc) is 2.11. The standard InChI is InChI=1S/C8H16F3N3O/c1-13-7(15)5-14(2)6(3-4-12)8(9,10)11/h6H,3-5,12H2,1-2H3,(H,13,15). The molecular weight excluding hydrogens is 211 g/mol. The molecule has 7 heteroatoms. The smallest absolute Gasteiger partial charge is 0.358 e. The highest BCUT2D eigenvalue weighted by Gasteiger charge is 2.41. The number of nitrogens with two attached hydrogens (primary N) is 1. The van der Waals surface area contributed by atoms with Gasteiger partial charge in [0.05, 0.1) is 6.54 Å². The molecule has 0 spiro atoms. The highest BCUT2D eigenvalue weighted by Crippen LogP contribution is 2.25. The van der Waals surface area contributed by atoms with Crippen molar-refractivity contribution in [2.24, 2.45) is 5.73 Å². The second kappa shape index (κ2) is 5.92. The molecule has 1 amide bonds. The largest absolute Gasteiger partial charge is 0.404 e. The second-order valence-corrected chi connectivity index (χ2v) is 3.22. The van der Waals surface area contributed by atoms with Crippen LogP contribution in [-0.2, 0) is 4.79 Å². The molecule has 0 heterocycles. The van der Waals surface area contributed by atoms with Crippen LogP contribution in [0.2, 0.25) is 0 Å². The minimum absolute atomic E-state index is 0.0672. The van der Waals surface area contributed by atoms with Crippen molar-refractivity contribution >= 4 is 5.91 Å². The Kier molecular flexibility index (Phi) is 5.59. The van der Waals surface area contributed by atoms with Crippen LogP contribution in [0.15, 0.2) is 0 Å². The number of carbonyl (C=O) groups excluding carboxylic acids is 1. The van der Waals surface area contributed by atoms with Crippen LogP contribution < -0.4 is 11.1 Å². The van der Waals surface area contributed by atoms with Gasteiger partial charge in [-0.05, 0) is 20.0 Å². The van der Waals surface area contributed by atoms with Gasteiger partial charge in [-0.1, -0.05) is 0 Å². The van der Waals surface area contributed by atoms with E-state index in [0.29, 0.717) is 0 Å². The maximum atomic E-state index is 12.5. The number of rotatable bonds is 5. The molecule has 90 valence electrons. The van der Waals surface area contributed by atoms with Gasteiger partial charge in [-0.25, -0.2) is 0 Å². The maximum Gasteiger partial charge on any atom is 0.404 e. The van der Waals surface area contributed by atoms with Crippen molar-refractivity contribution in [2.75, 3.05) is 27.2 Å². The first-order chi connectivity index (χ1) is 6.82. The van der Waals surface area contributed by atoms with Crippen LogP contribution in [0.1, 0.15) is 6.42 Å². The lowest BCUT2D eigenvalue weighted by Gasteiger charge is -2.28. The Balaban J connectivity index is 4.42. The molecule has 4 nitrogen and oxygen atoms in total. The van der Waals surface area contributed by atoms with Crippen molar-refractivity contribution in [3.63, 3.8) is 0 Å². The summed E-state index contributed by atoms with van der Waals surface area (Å²) >= 11 is 0. The van der Waals surface area contributed by atoms with Crippen molar-refractivity contribution in [3.05, 3.63) is 0 Å². The van der Waals surface area contributed by atoms with E-state index >= 15 is 0 Å². The fraction of sp³-hybridized carbons (Fsp3) is 0.875. The number of nitrogens with zero attached hydrogens (tertiary/aromatic N) is 1. The summed E-state index contributed by atoms with van der Waals surface area (Å²) in [5.41, 5.74) is 5.10. The fourth-order valence-electron chi connectivity index (χ4n) is 1.21. The Labute approximate surface area is 86.6 Å². The lowest BCUT2D eigenvalue weighted by Crippen LogP contribution is -2.48. The highest BCUT2D eigenvalue weighted by molar-refractivity contribution is 5.77. The zero-order valence-electron chi connectivity index (χ0n) is 8.77. The number of carbonyl (C=O) groups is 1. The number of halogens is 3. The van der Waals surface area contributed by atoms with Gasteiger partial charge < -0.3 is 11.1 Å². The van der Waals surface area contributed by atoms with E-state index in [0.717, 1.165) is 4.90 Å². The molecule has 0 rings (SSSR count). The van der Waals surface area contributed by atoms with Gasteiger partial charge in [0.25, 0.3) is 0 Å². The predicted octanol–water partition coefficient (Wildman–Crippen LogP) is -0.0561. The first-order valence-corrected chi connectivity index (χ1v) is 4.50. The summed E-state index contributed by atoms with van der Waals surface area (Å²) < 4.78 is 37.4. The van der Waals surface area contributed by atoms with E-state index in [4.69, 9.17) is 5.73 Å². The molecule has 3 N–H and O–H groups in total. The van der Waals surface area contributed by atoms with Gasteiger partial charge in [0.2, 0.25) is 5.91 Å². The van der Waals surface area contributed by atoms with E-state index in [1.165, 1.54) is 14.1 Å². The molecule has 0 aliphatic heterocycles. The molecule has 0 saturated carbocycles. The van der Waals surface area contributed by atoms with Crippen LogP contribution in [0, 0.1) is 0 Å². The molecule has 0 radical (unpaired) electrons. The fourth-order valence-corrected chi connectivity index (χ4v) is 1.21. The maximum absolute atomic E-state index is 12.5. The van der Waals surface area contributed by atoms with Crippen LogP contribution in [0.25, 0.3) is 0 Å². The molecule has 0 aliphatic rings. The predicted molar refractivity (Wildman–Crippen MR) is 50.2 cm³/mol. The normalized spacial score (nSPS) is 14.1. The Morgan fingerprint density at radius 3 is 2.40 bits per heavy atom. The van der Waals surface area contributed by atoms with Gasteiger partial charge in [0, 0.05) is 7.05 Å². The van der Waals surface area contributed by atoms with E-state index < -0.39 is 18.1 Å². The molecule has 0 aromatic carbocycles. The van der Waals surface area contributed by atoms with Gasteiger partial charge in [-0.15, -0.1) is 0 Å². The minimum atomic E-state index is -4.36. The van der Waals surface area contributed by atoms with Crippen LogP contribution in [-0.4, -0.2) is 50.2 Å². The van der Waals surface area contributed by atoms with Crippen LogP contribution in [0.4, 0.5) is 13.2 Å². The Bertz CT molecular complexity index is 208. The topological polar surface area (TPSA) is 58.4 Å². The number of amides is 1. The van der Waals surface area contributed by atoms with Crippen molar-refractivity contribution in [2.45, 2.75) is 18.6 Å². The lowest BCUT2D eigenvalue weighted by molar-refractivity contribution is -0.181. The van der Waals surface area contributed by atoms with E-state index in [1.807, 2.05) is 0 Å². The van der Waals surface area contributed by atoms with E-state index in [9.17, 15) is 18.0 Å². The third kappa shape index (κ3) is 4.98. The second-order valence-electron chi connectivity index (χ2n) is 3.22. The van der Waals surface area contributed by atoms with E-state index in [2.05, 4.69) is 5.32 Å². The van der Waals surface area contributed by atoms with Gasteiger partial charge in [0.15, 0.2) is 0 Å². The summed E-state index contributed by atoms with van der Waals surface area (Å²) in [5, 5.41) is 2.27. The summed E-state index contributed by atoms with van der Waals surface area (Å²) in [4.78, 5) is 11.9. The molecular formula is C8H16F3N3O. The summed E-state index contributed by atoms with van der Waals surface area (Å²) in [6.07, 6.45) is -4.57. The molecule has 15 heavy (non-hydrogen) atoms. The molecule has 0 saturated heterocycles. The number of alkyl halides is 3. The first kappa shape index (κ1) is 14.2. The number of hydrogen-bond acceptors (Lipinski definition) is 3. The van der Waals surface area contributed by atoms with Crippen LogP contribution in [0.5, 0.6) is 0 Å². The lowest BCUT2D eigenvalue weighted by atomic mass is 10.1. The highest BCUT2D eigenvalue weighted by atomic mass is 19.4. The summed E-state index contributed by atoms with van der Waals surface area (Å²) in [6, 6.07) is -1.67. The molecule has 1 unspecified atom stereocenters. The Morgan fingerprint density at radius 1 is 1.53 bits per heavy atom. The molecule has 0 fully saturated rings. The number of likely N-dealkylation sites (N-methyl/N-ethyl adjacent to an activating group) is 2. The molecule has 0 aliphatic carbocycles. The Morgan fingerprint density at radius 2 is 2.07 bits per heavy atom. The van der Waals surface area contributed by atoms with Gasteiger partial charge >= 0.3 is 6.18 Å². The summed E-state index contributed by atoms with van der Waals surface area (Å²) in [5.74, 6) is -0.455. The summed E-state index contributed by atoms with van der Waals surface area (Å²) in [6.45, 7) is -0.358. The van der Waals surface area contributed by atoms with Crippen LogP contribution >= 0.6 is 0 Å². The zero-order chi connectivity index (χ0) is 12.1. The Hall–Kier alpha value is -0.820. The van der Waals surface area contributed by atoms with Crippen LogP contribution in [0.3, 0.4) is 0 Å². The first-order valence-electron chi connectivity index (χ1n) is 4.50. The number of hydrogen-bond donors (Lipinski definition) is 2. The molecule has 0 aromatic rings. The van der Waals surface area contributed by atoms with Crippen molar-refractivity contribution in [1.29, 1.82) is 0 Å². The monoisotopic (exact) mass is 227 g/mol. The van der Waals surface area contributed by atoms with Gasteiger partial charge in [-0.3, -0.25) is 9.69 Å². The zero-order valence-corrected chi connectivity index (χ0v) is 8.77. The quantitative estimate of drug-likeness (QED) is 0.692.